The van der Waals surface area contributed by atoms with Gasteiger partial charge in [0.2, 0.25) is 5.95 Å². The van der Waals surface area contributed by atoms with Gasteiger partial charge < -0.3 is 11.1 Å². The van der Waals surface area contributed by atoms with Crippen molar-refractivity contribution in [2.45, 2.75) is 25.3 Å². The van der Waals surface area contributed by atoms with E-state index in [1.54, 1.807) is 11.3 Å². The van der Waals surface area contributed by atoms with E-state index in [4.69, 9.17) is 5.73 Å². The van der Waals surface area contributed by atoms with Gasteiger partial charge in [-0.3, -0.25) is 0 Å². The Hall–Kier alpha value is -2.14. The third kappa shape index (κ3) is 2.34. The standard InChI is InChI=1S/C16H16N4S/c17-16-19-14(13-7-8-21-15(13)20-16)18-12-6-5-10-3-1-2-4-11(10)9-12/h1-4,7-8,12H,5-6,9H2,(H3,17,18,19,20). The summed E-state index contributed by atoms with van der Waals surface area (Å²) in [6.07, 6.45) is 3.26. The number of anilines is 2. The number of benzene rings is 1. The highest BCUT2D eigenvalue weighted by Crippen LogP contribution is 2.29. The molecule has 5 heteroatoms. The summed E-state index contributed by atoms with van der Waals surface area (Å²) in [4.78, 5) is 9.60. The van der Waals surface area contributed by atoms with E-state index in [2.05, 4.69) is 45.6 Å². The quantitative estimate of drug-likeness (QED) is 0.762. The first-order chi connectivity index (χ1) is 10.3. The molecule has 0 saturated heterocycles. The Morgan fingerprint density at radius 1 is 1.14 bits per heavy atom. The minimum absolute atomic E-state index is 0.337. The summed E-state index contributed by atoms with van der Waals surface area (Å²) in [6.45, 7) is 0. The molecule has 0 radical (unpaired) electrons. The number of nitrogens with zero attached hydrogens (tertiary/aromatic N) is 2. The zero-order valence-electron chi connectivity index (χ0n) is 11.5. The molecule has 4 rings (SSSR count). The topological polar surface area (TPSA) is 63.8 Å². The Labute approximate surface area is 127 Å². The lowest BCUT2D eigenvalue weighted by atomic mass is 9.88. The normalized spacial score (nSPS) is 17.6. The van der Waals surface area contributed by atoms with E-state index in [1.807, 2.05) is 5.38 Å². The highest BCUT2D eigenvalue weighted by atomic mass is 32.1. The van der Waals surface area contributed by atoms with Gasteiger partial charge in [0.25, 0.3) is 0 Å². The molecule has 1 atom stereocenters. The fraction of sp³-hybridized carbons (Fsp3) is 0.250. The van der Waals surface area contributed by atoms with Crippen molar-refractivity contribution >= 4 is 33.3 Å². The molecule has 1 aromatic carbocycles. The van der Waals surface area contributed by atoms with Crippen molar-refractivity contribution in [1.82, 2.24) is 9.97 Å². The Balaban J connectivity index is 1.63. The van der Waals surface area contributed by atoms with Gasteiger partial charge in [-0.25, -0.2) is 4.98 Å². The summed E-state index contributed by atoms with van der Waals surface area (Å²) >= 11 is 1.60. The lowest BCUT2D eigenvalue weighted by Crippen LogP contribution is -2.28. The lowest BCUT2D eigenvalue weighted by Gasteiger charge is -2.26. The maximum absolute atomic E-state index is 5.81. The van der Waals surface area contributed by atoms with Crippen LogP contribution >= 0.6 is 11.3 Å². The fourth-order valence-corrected chi connectivity index (χ4v) is 3.77. The zero-order valence-corrected chi connectivity index (χ0v) is 12.4. The van der Waals surface area contributed by atoms with Crippen molar-refractivity contribution in [2.24, 2.45) is 0 Å². The molecule has 1 aliphatic carbocycles. The SMILES string of the molecule is Nc1nc(NC2CCc3ccccc3C2)c2ccsc2n1. The van der Waals surface area contributed by atoms with Crippen LogP contribution in [0.5, 0.6) is 0 Å². The predicted molar refractivity (Wildman–Crippen MR) is 87.7 cm³/mol. The molecule has 106 valence electrons. The molecule has 2 heterocycles. The Morgan fingerprint density at radius 2 is 2.00 bits per heavy atom. The van der Waals surface area contributed by atoms with E-state index >= 15 is 0 Å². The number of nitrogen functional groups attached to an aromatic ring is 1. The summed E-state index contributed by atoms with van der Waals surface area (Å²) < 4.78 is 0. The van der Waals surface area contributed by atoms with Crippen LogP contribution in [0.25, 0.3) is 10.2 Å². The molecule has 1 unspecified atom stereocenters. The summed E-state index contributed by atoms with van der Waals surface area (Å²) in [5.41, 5.74) is 8.72. The molecule has 21 heavy (non-hydrogen) atoms. The molecule has 0 fully saturated rings. The number of hydrogen-bond donors (Lipinski definition) is 2. The third-order valence-corrected chi connectivity index (χ3v) is 4.84. The largest absolute Gasteiger partial charge is 0.368 e. The van der Waals surface area contributed by atoms with E-state index in [1.165, 1.54) is 11.1 Å². The van der Waals surface area contributed by atoms with Gasteiger partial charge in [0.15, 0.2) is 0 Å². The fourth-order valence-electron chi connectivity index (χ4n) is 3.00. The average molecular weight is 296 g/mol. The molecular weight excluding hydrogens is 280 g/mol. The van der Waals surface area contributed by atoms with Crippen molar-refractivity contribution in [2.75, 3.05) is 11.1 Å². The first kappa shape index (κ1) is 12.6. The molecule has 0 spiro atoms. The average Bonchev–Trinajstić information content (AvgIpc) is 2.95. The number of fused-ring (bicyclic) bond motifs is 2. The predicted octanol–water partition coefficient (Wildman–Crippen LogP) is 3.24. The first-order valence-corrected chi connectivity index (χ1v) is 8.01. The van der Waals surface area contributed by atoms with Gasteiger partial charge >= 0.3 is 0 Å². The van der Waals surface area contributed by atoms with Gasteiger partial charge in [0, 0.05) is 6.04 Å². The van der Waals surface area contributed by atoms with Gasteiger partial charge in [0.1, 0.15) is 10.6 Å². The molecule has 0 bridgehead atoms. The number of hydrogen-bond acceptors (Lipinski definition) is 5. The lowest BCUT2D eigenvalue weighted by molar-refractivity contribution is 0.609. The number of nitrogens with one attached hydrogen (secondary N) is 1. The van der Waals surface area contributed by atoms with E-state index < -0.39 is 0 Å². The summed E-state index contributed by atoms with van der Waals surface area (Å²) in [5.74, 6) is 1.20. The molecule has 2 aromatic heterocycles. The highest BCUT2D eigenvalue weighted by Gasteiger charge is 2.19. The van der Waals surface area contributed by atoms with Crippen LogP contribution in [0.3, 0.4) is 0 Å². The van der Waals surface area contributed by atoms with Crippen LogP contribution in [0.1, 0.15) is 17.5 Å². The summed E-state index contributed by atoms with van der Waals surface area (Å²) in [6, 6.07) is 11.1. The Morgan fingerprint density at radius 3 is 2.90 bits per heavy atom. The monoisotopic (exact) mass is 296 g/mol. The number of nitrogens with two attached hydrogens (primary N) is 1. The van der Waals surface area contributed by atoms with Crippen molar-refractivity contribution in [3.63, 3.8) is 0 Å². The van der Waals surface area contributed by atoms with Crippen LogP contribution in [0.15, 0.2) is 35.7 Å². The maximum atomic E-state index is 5.81. The van der Waals surface area contributed by atoms with Crippen LogP contribution in [0.4, 0.5) is 11.8 Å². The van der Waals surface area contributed by atoms with E-state index in [9.17, 15) is 0 Å². The number of aromatic nitrogens is 2. The molecule has 0 amide bonds. The van der Waals surface area contributed by atoms with Crippen LogP contribution in [-0.4, -0.2) is 16.0 Å². The number of thiophene rings is 1. The van der Waals surface area contributed by atoms with Gasteiger partial charge in [-0.2, -0.15) is 4.98 Å². The smallest absolute Gasteiger partial charge is 0.223 e. The molecule has 3 N–H and O–H groups in total. The van der Waals surface area contributed by atoms with Crippen LogP contribution in [0.2, 0.25) is 0 Å². The van der Waals surface area contributed by atoms with Crippen molar-refractivity contribution in [3.05, 3.63) is 46.8 Å². The van der Waals surface area contributed by atoms with Crippen LogP contribution in [0, 0.1) is 0 Å². The second-order valence-corrected chi connectivity index (χ2v) is 6.32. The summed E-state index contributed by atoms with van der Waals surface area (Å²) in [7, 11) is 0. The molecule has 0 saturated carbocycles. The molecular formula is C16H16N4S. The second-order valence-electron chi connectivity index (χ2n) is 5.42. The van der Waals surface area contributed by atoms with Gasteiger partial charge in [-0.15, -0.1) is 11.3 Å². The minimum atomic E-state index is 0.337. The molecule has 4 nitrogen and oxygen atoms in total. The maximum Gasteiger partial charge on any atom is 0.223 e. The van der Waals surface area contributed by atoms with Crippen molar-refractivity contribution in [1.29, 1.82) is 0 Å². The first-order valence-electron chi connectivity index (χ1n) is 7.13. The second kappa shape index (κ2) is 5.00. The van der Waals surface area contributed by atoms with Crippen LogP contribution in [-0.2, 0) is 12.8 Å². The van der Waals surface area contributed by atoms with Gasteiger partial charge in [-0.1, -0.05) is 24.3 Å². The van der Waals surface area contributed by atoms with Crippen molar-refractivity contribution in [3.8, 4) is 0 Å². The van der Waals surface area contributed by atoms with Crippen molar-refractivity contribution < 1.29 is 0 Å². The molecule has 3 aromatic rings. The minimum Gasteiger partial charge on any atom is -0.368 e. The molecule has 0 aliphatic heterocycles. The van der Waals surface area contributed by atoms with Gasteiger partial charge in [-0.05, 0) is 41.8 Å². The zero-order chi connectivity index (χ0) is 14.2. The number of rotatable bonds is 2. The summed E-state index contributed by atoms with van der Waals surface area (Å²) in [5, 5.41) is 6.66. The Bertz CT molecular complexity index is 796. The van der Waals surface area contributed by atoms with E-state index in [-0.39, 0.29) is 0 Å². The number of aryl methyl sites for hydroxylation is 1. The third-order valence-electron chi connectivity index (χ3n) is 4.03. The Kier molecular flexibility index (Phi) is 3.00. The van der Waals surface area contributed by atoms with E-state index in [0.717, 1.165) is 35.3 Å². The van der Waals surface area contributed by atoms with Gasteiger partial charge in [0.05, 0.1) is 5.39 Å². The van der Waals surface area contributed by atoms with Crippen LogP contribution < -0.4 is 11.1 Å². The highest BCUT2D eigenvalue weighted by molar-refractivity contribution is 7.16. The molecule has 1 aliphatic rings. The van der Waals surface area contributed by atoms with E-state index in [0.29, 0.717) is 12.0 Å².